The van der Waals surface area contributed by atoms with Crippen molar-refractivity contribution >= 4 is 11.3 Å². The Hall–Kier alpha value is -1.15. The molecule has 0 atom stereocenters. The van der Waals surface area contributed by atoms with Gasteiger partial charge in [0.2, 0.25) is 11.2 Å². The molecule has 2 aromatic rings. The Morgan fingerprint density at radius 3 is 2.67 bits per heavy atom. The molecule has 1 fully saturated rings. The Labute approximate surface area is 115 Å². The zero-order chi connectivity index (χ0) is 13.4. The number of aromatic nitrogens is 1. The average Bonchev–Trinajstić information content (AvgIpc) is 3.00. The summed E-state index contributed by atoms with van der Waals surface area (Å²) in [7, 11) is 0. The van der Waals surface area contributed by atoms with Crippen LogP contribution in [0.3, 0.4) is 0 Å². The third-order valence-electron chi connectivity index (χ3n) is 4.02. The van der Waals surface area contributed by atoms with Crippen LogP contribution in [0.5, 0.6) is 0 Å². The fourth-order valence-electron chi connectivity index (χ4n) is 2.96. The van der Waals surface area contributed by atoms with E-state index in [9.17, 15) is 0 Å². The maximum absolute atomic E-state index is 8.31. The highest BCUT2D eigenvalue weighted by Gasteiger charge is 2.27. The van der Waals surface area contributed by atoms with E-state index in [1.165, 1.54) is 41.8 Å². The van der Waals surface area contributed by atoms with Crippen molar-refractivity contribution in [3.05, 3.63) is 45.9 Å². The molecular formula is C16H20NS+. The third-order valence-corrected chi connectivity index (χ3v) is 5.14. The second-order valence-corrected chi connectivity index (χ2v) is 6.07. The number of rotatable bonds is 2. The molecule has 1 heterocycles. The second-order valence-electron chi connectivity index (χ2n) is 5.25. The number of para-hydroxylation sites is 1. The van der Waals surface area contributed by atoms with Crippen LogP contribution < -0.4 is 4.57 Å². The van der Waals surface area contributed by atoms with E-state index in [1.807, 2.05) is 0 Å². The van der Waals surface area contributed by atoms with Gasteiger partial charge in [0.1, 0.15) is 0 Å². The van der Waals surface area contributed by atoms with Gasteiger partial charge in [0.15, 0.2) is 7.06 Å². The summed E-state index contributed by atoms with van der Waals surface area (Å²) in [6, 6.07) is 8.35. The van der Waals surface area contributed by atoms with E-state index in [2.05, 4.69) is 42.7 Å². The minimum Gasteiger partial charge on any atom is -0.154 e. The highest BCUT2D eigenvalue weighted by molar-refractivity contribution is 7.09. The van der Waals surface area contributed by atoms with Crippen molar-refractivity contribution in [3.8, 4) is 5.69 Å². The number of hydrogen-bond donors (Lipinski definition) is 0. The van der Waals surface area contributed by atoms with Crippen molar-refractivity contribution in [2.75, 3.05) is 0 Å². The molecule has 0 amide bonds. The zero-order valence-electron chi connectivity index (χ0n) is 12.1. The molecule has 3 rings (SSSR count). The van der Waals surface area contributed by atoms with Crippen molar-refractivity contribution < 1.29 is 5.94 Å². The van der Waals surface area contributed by atoms with Crippen molar-refractivity contribution in [1.82, 2.24) is 0 Å². The van der Waals surface area contributed by atoms with Crippen LogP contribution in [-0.2, 0) is 0 Å². The van der Waals surface area contributed by atoms with Crippen molar-refractivity contribution in [1.29, 1.82) is 0 Å². The molecule has 2 heteroatoms. The molecule has 18 heavy (non-hydrogen) atoms. The van der Waals surface area contributed by atoms with Crippen LogP contribution in [-0.4, -0.2) is 0 Å². The molecule has 0 unspecified atom stereocenters. The first-order valence-corrected chi connectivity index (χ1v) is 7.58. The molecule has 94 valence electrons. The van der Waals surface area contributed by atoms with E-state index in [0.717, 1.165) is 5.69 Å². The molecule has 1 nitrogen and oxygen atoms in total. The van der Waals surface area contributed by atoms with Gasteiger partial charge < -0.3 is 0 Å². The number of hydrogen-bond acceptors (Lipinski definition) is 1. The monoisotopic (exact) mass is 259 g/mol. The normalized spacial score (nSPS) is 17.1. The van der Waals surface area contributed by atoms with Crippen LogP contribution in [0.4, 0.5) is 0 Å². The number of aryl methyl sites for hydroxylation is 1. The van der Waals surface area contributed by atoms with Gasteiger partial charge in [-0.1, -0.05) is 42.4 Å². The standard InChI is InChI=1S/C16H20NS/c1-12-7-3-6-10-15(12)17-11-18-16(13(17)2)14-8-4-5-9-14/h3,6-7,10-11,14H,4-5,8-9H2,1-2H3/q+1/i11D. The van der Waals surface area contributed by atoms with Crippen molar-refractivity contribution in [2.24, 2.45) is 0 Å². The van der Waals surface area contributed by atoms with E-state index in [-0.39, 0.29) is 0 Å². The second kappa shape index (κ2) is 4.85. The van der Waals surface area contributed by atoms with Crippen LogP contribution in [0.25, 0.3) is 5.69 Å². The molecule has 0 bridgehead atoms. The summed E-state index contributed by atoms with van der Waals surface area (Å²) in [6.45, 7) is 4.29. The summed E-state index contributed by atoms with van der Waals surface area (Å²) < 4.78 is 10.4. The predicted octanol–water partition coefficient (Wildman–Crippen LogP) is 4.30. The molecular weight excluding hydrogens is 238 g/mol. The lowest BCUT2D eigenvalue weighted by Gasteiger charge is -2.04. The predicted molar refractivity (Wildman–Crippen MR) is 76.5 cm³/mol. The summed E-state index contributed by atoms with van der Waals surface area (Å²) in [4.78, 5) is 1.44. The maximum atomic E-state index is 8.31. The highest BCUT2D eigenvalue weighted by Crippen LogP contribution is 2.37. The lowest BCUT2D eigenvalue weighted by molar-refractivity contribution is -0.597. The van der Waals surface area contributed by atoms with E-state index < -0.39 is 0 Å². The van der Waals surface area contributed by atoms with Gasteiger partial charge in [-0.25, -0.2) is 0 Å². The SMILES string of the molecule is [2H]c1sc(C2CCCC2)c(C)[n+]1-c1ccccc1C. The van der Waals surface area contributed by atoms with Gasteiger partial charge in [0, 0.05) is 18.6 Å². The zero-order valence-corrected chi connectivity index (χ0v) is 11.9. The lowest BCUT2D eigenvalue weighted by Crippen LogP contribution is -2.32. The topological polar surface area (TPSA) is 3.88 Å². The van der Waals surface area contributed by atoms with E-state index in [4.69, 9.17) is 1.37 Å². The van der Waals surface area contributed by atoms with Gasteiger partial charge in [0.25, 0.3) is 0 Å². The highest BCUT2D eigenvalue weighted by atomic mass is 32.1. The first kappa shape index (κ1) is 10.7. The Kier molecular flexibility index (Phi) is 2.89. The van der Waals surface area contributed by atoms with E-state index >= 15 is 0 Å². The molecule has 1 aliphatic rings. The Balaban J connectivity index is 2.10. The summed E-state index contributed by atoms with van der Waals surface area (Å²) in [6.07, 6.45) is 5.29. The first-order valence-electron chi connectivity index (χ1n) is 7.26. The van der Waals surface area contributed by atoms with Crippen LogP contribution >= 0.6 is 11.3 Å². The minimum atomic E-state index is 0.661. The quantitative estimate of drug-likeness (QED) is 0.708. The molecule has 0 aliphatic heterocycles. The fraction of sp³-hybridized carbons (Fsp3) is 0.438. The number of benzene rings is 1. The van der Waals surface area contributed by atoms with Crippen molar-refractivity contribution in [3.63, 3.8) is 0 Å². The largest absolute Gasteiger partial charge is 0.231 e. The molecule has 0 N–H and O–H groups in total. The number of thiazole rings is 1. The number of nitrogens with zero attached hydrogens (tertiary/aromatic N) is 1. The van der Waals surface area contributed by atoms with E-state index in [1.54, 1.807) is 11.3 Å². The summed E-state index contributed by atoms with van der Waals surface area (Å²) in [5.41, 5.74) is 4.33. The maximum Gasteiger partial charge on any atom is 0.231 e. The van der Waals surface area contributed by atoms with Gasteiger partial charge in [-0.3, -0.25) is 0 Å². The minimum absolute atomic E-state index is 0.661. The summed E-state index contributed by atoms with van der Waals surface area (Å²) in [5.74, 6) is 0.694. The molecule has 0 spiro atoms. The fourth-order valence-corrected chi connectivity index (χ4v) is 4.02. The van der Waals surface area contributed by atoms with E-state index in [0.29, 0.717) is 11.4 Å². The summed E-state index contributed by atoms with van der Waals surface area (Å²) >= 11 is 1.67. The molecule has 1 aromatic carbocycles. The summed E-state index contributed by atoms with van der Waals surface area (Å²) in [5, 5.41) is 0. The smallest absolute Gasteiger partial charge is 0.154 e. The lowest BCUT2D eigenvalue weighted by atomic mass is 10.0. The van der Waals surface area contributed by atoms with Crippen LogP contribution in [0.2, 0.25) is 0 Å². The van der Waals surface area contributed by atoms with Gasteiger partial charge in [-0.2, -0.15) is 4.57 Å². The Bertz CT molecular complexity index is 597. The van der Waals surface area contributed by atoms with Crippen molar-refractivity contribution in [2.45, 2.75) is 45.4 Å². The van der Waals surface area contributed by atoms with Crippen LogP contribution in [0.15, 0.2) is 29.8 Å². The van der Waals surface area contributed by atoms with Gasteiger partial charge in [0.05, 0.1) is 4.88 Å². The average molecular weight is 259 g/mol. The van der Waals surface area contributed by atoms with Crippen LogP contribution in [0.1, 0.15) is 49.1 Å². The molecule has 1 aliphatic carbocycles. The van der Waals surface area contributed by atoms with Gasteiger partial charge in [-0.15, -0.1) is 0 Å². The Morgan fingerprint density at radius 1 is 1.22 bits per heavy atom. The molecule has 1 aromatic heterocycles. The third kappa shape index (κ3) is 1.99. The van der Waals surface area contributed by atoms with Crippen LogP contribution in [0, 0.1) is 13.8 Å². The molecule has 0 radical (unpaired) electrons. The van der Waals surface area contributed by atoms with Gasteiger partial charge >= 0.3 is 0 Å². The molecule has 1 saturated carbocycles. The first-order chi connectivity index (χ1) is 9.18. The van der Waals surface area contributed by atoms with Gasteiger partial charge in [-0.05, 0) is 25.7 Å². The Morgan fingerprint density at radius 2 is 1.94 bits per heavy atom. The molecule has 0 saturated heterocycles.